The molecule has 0 spiro atoms. The number of carbonyl (C=O) groups excluding carboxylic acids is 2. The quantitative estimate of drug-likeness (QED) is 0.478. The number of nitrogen functional groups attached to an aromatic ring is 1. The van der Waals surface area contributed by atoms with E-state index in [9.17, 15) is 18.0 Å². The second-order valence-electron chi connectivity index (χ2n) is 3.37. The highest BCUT2D eigenvalue weighted by atomic mass is 35.5. The summed E-state index contributed by atoms with van der Waals surface area (Å²) in [6.07, 6.45) is 0. The number of rotatable bonds is 2. The number of nitrogens with two attached hydrogens (primary N) is 1. The van der Waals surface area contributed by atoms with E-state index >= 15 is 0 Å². The van der Waals surface area contributed by atoms with E-state index in [1.165, 1.54) is 18.2 Å². The van der Waals surface area contributed by atoms with Crippen LogP contribution in [0.15, 0.2) is 18.2 Å². The second-order valence-corrected chi connectivity index (χ2v) is 5.77. The molecule has 2 N–H and O–H groups in total. The number of sulfonamides is 1. The molecule has 0 unspecified atom stereocenters. The largest absolute Gasteiger partial charge is 0.398 e. The summed E-state index contributed by atoms with van der Waals surface area (Å²) in [5.74, 6) is -1.87. The van der Waals surface area contributed by atoms with Gasteiger partial charge in [-0.3, -0.25) is 9.59 Å². The fraction of sp³-hybridized carbons (Fsp3) is 0.111. The van der Waals surface area contributed by atoms with Crippen LogP contribution in [0, 0.1) is 0 Å². The lowest BCUT2D eigenvalue weighted by Crippen LogP contribution is -2.36. The summed E-state index contributed by atoms with van der Waals surface area (Å²) in [4.78, 5) is 23.6. The first-order valence-electron chi connectivity index (χ1n) is 4.46. The monoisotopic (exact) mass is 274 g/mol. The molecule has 0 aliphatic carbocycles. The fourth-order valence-electron chi connectivity index (χ4n) is 1.59. The minimum Gasteiger partial charge on any atom is -0.398 e. The fourth-order valence-corrected chi connectivity index (χ4v) is 2.68. The van der Waals surface area contributed by atoms with Crippen molar-refractivity contribution in [2.75, 3.05) is 10.9 Å². The Morgan fingerprint density at radius 3 is 2.41 bits per heavy atom. The standard InChI is InChI=1S/C9H7ClN2O4S/c10-4-17(15,16)12-8(13)5-2-1-3-6(11)7(5)9(12)14/h1-3H,4,11H2. The van der Waals surface area contributed by atoms with Crippen LogP contribution >= 0.6 is 11.6 Å². The molecular weight excluding hydrogens is 268 g/mol. The van der Waals surface area contributed by atoms with E-state index in [2.05, 4.69) is 0 Å². The third-order valence-electron chi connectivity index (χ3n) is 2.33. The SMILES string of the molecule is Nc1cccc2c1C(=O)N(S(=O)(=O)CCl)C2=O. The molecule has 90 valence electrons. The maximum Gasteiger partial charge on any atom is 0.277 e. The number of anilines is 1. The molecule has 1 aromatic rings. The topological polar surface area (TPSA) is 97.5 Å². The van der Waals surface area contributed by atoms with Crippen LogP contribution in [-0.4, -0.2) is 29.7 Å². The lowest BCUT2D eigenvalue weighted by atomic mass is 10.1. The van der Waals surface area contributed by atoms with Crippen molar-refractivity contribution < 1.29 is 18.0 Å². The summed E-state index contributed by atoms with van der Waals surface area (Å²) in [5.41, 5.74) is 5.49. The average molecular weight is 275 g/mol. The van der Waals surface area contributed by atoms with Crippen LogP contribution in [0.3, 0.4) is 0 Å². The number of nitrogens with zero attached hydrogens (tertiary/aromatic N) is 1. The Hall–Kier alpha value is -1.60. The molecule has 0 atom stereocenters. The molecule has 1 aliphatic heterocycles. The molecule has 0 bridgehead atoms. The molecule has 0 radical (unpaired) electrons. The Kier molecular flexibility index (Phi) is 2.59. The van der Waals surface area contributed by atoms with Gasteiger partial charge in [-0.15, -0.1) is 11.6 Å². The third kappa shape index (κ3) is 1.58. The maximum absolute atomic E-state index is 11.8. The van der Waals surface area contributed by atoms with Gasteiger partial charge < -0.3 is 5.73 Å². The average Bonchev–Trinajstić information content (AvgIpc) is 2.53. The lowest BCUT2D eigenvalue weighted by Gasteiger charge is -2.11. The van der Waals surface area contributed by atoms with Crippen molar-refractivity contribution >= 4 is 39.1 Å². The van der Waals surface area contributed by atoms with Gasteiger partial charge in [-0.25, -0.2) is 8.42 Å². The van der Waals surface area contributed by atoms with Gasteiger partial charge in [-0.2, -0.15) is 4.31 Å². The van der Waals surface area contributed by atoms with E-state index in [1.54, 1.807) is 0 Å². The molecule has 8 heteroatoms. The van der Waals surface area contributed by atoms with Gasteiger partial charge in [-0.1, -0.05) is 6.07 Å². The number of benzene rings is 1. The van der Waals surface area contributed by atoms with Crippen LogP contribution in [0.5, 0.6) is 0 Å². The minimum absolute atomic E-state index is 0.0244. The zero-order valence-electron chi connectivity index (χ0n) is 8.38. The van der Waals surface area contributed by atoms with E-state index in [1.807, 2.05) is 0 Å². The molecule has 0 fully saturated rings. The third-order valence-corrected chi connectivity index (χ3v) is 4.32. The van der Waals surface area contributed by atoms with E-state index < -0.39 is 27.0 Å². The van der Waals surface area contributed by atoms with Gasteiger partial charge in [0.1, 0.15) is 5.21 Å². The zero-order valence-corrected chi connectivity index (χ0v) is 9.96. The van der Waals surface area contributed by atoms with Gasteiger partial charge in [-0.05, 0) is 12.1 Å². The number of hydrogen-bond acceptors (Lipinski definition) is 5. The molecule has 17 heavy (non-hydrogen) atoms. The number of hydrogen-bond donors (Lipinski definition) is 1. The maximum atomic E-state index is 11.8. The summed E-state index contributed by atoms with van der Waals surface area (Å²) in [7, 11) is -4.14. The molecule has 1 aliphatic rings. The molecule has 6 nitrogen and oxygen atoms in total. The highest BCUT2D eigenvalue weighted by molar-refractivity contribution is 7.91. The van der Waals surface area contributed by atoms with Crippen molar-refractivity contribution in [1.82, 2.24) is 4.31 Å². The van der Waals surface area contributed by atoms with E-state index in [4.69, 9.17) is 17.3 Å². The van der Waals surface area contributed by atoms with Crippen LogP contribution in [0.4, 0.5) is 5.69 Å². The number of alkyl halides is 1. The summed E-state index contributed by atoms with van der Waals surface area (Å²) >= 11 is 5.22. The van der Waals surface area contributed by atoms with E-state index in [0.29, 0.717) is 0 Å². The summed E-state index contributed by atoms with van der Waals surface area (Å²) in [6.45, 7) is 0. The Labute approximate surface area is 102 Å². The number of fused-ring (bicyclic) bond motifs is 1. The van der Waals surface area contributed by atoms with Crippen molar-refractivity contribution in [2.24, 2.45) is 0 Å². The van der Waals surface area contributed by atoms with Crippen molar-refractivity contribution in [2.45, 2.75) is 0 Å². The Balaban J connectivity index is 2.66. The van der Waals surface area contributed by atoms with Crippen LogP contribution in [0.25, 0.3) is 0 Å². The predicted molar refractivity (Wildman–Crippen MR) is 61.0 cm³/mol. The van der Waals surface area contributed by atoms with Crippen LogP contribution in [-0.2, 0) is 10.0 Å². The molecule has 2 rings (SSSR count). The van der Waals surface area contributed by atoms with Crippen LogP contribution in [0.2, 0.25) is 0 Å². The van der Waals surface area contributed by atoms with Gasteiger partial charge in [0.25, 0.3) is 21.8 Å². The summed E-state index contributed by atoms with van der Waals surface area (Å²) < 4.78 is 23.2. The first kappa shape index (κ1) is 11.9. The van der Waals surface area contributed by atoms with Gasteiger partial charge >= 0.3 is 0 Å². The van der Waals surface area contributed by atoms with Gasteiger partial charge in [0.05, 0.1) is 11.1 Å². The first-order valence-corrected chi connectivity index (χ1v) is 6.60. The van der Waals surface area contributed by atoms with E-state index in [-0.39, 0.29) is 21.1 Å². The van der Waals surface area contributed by atoms with Gasteiger partial charge in [0.2, 0.25) is 0 Å². The van der Waals surface area contributed by atoms with Crippen LogP contribution in [0.1, 0.15) is 20.7 Å². The second kappa shape index (κ2) is 3.71. The van der Waals surface area contributed by atoms with Crippen molar-refractivity contribution in [3.8, 4) is 0 Å². The number of carbonyl (C=O) groups is 2. The first-order chi connectivity index (χ1) is 7.90. The Bertz CT molecular complexity index is 626. The van der Waals surface area contributed by atoms with Crippen molar-refractivity contribution in [1.29, 1.82) is 0 Å². The normalized spacial score (nSPS) is 15.2. The highest BCUT2D eigenvalue weighted by Gasteiger charge is 2.43. The highest BCUT2D eigenvalue weighted by Crippen LogP contribution is 2.29. The molecular formula is C9H7ClN2O4S. The summed E-state index contributed by atoms with van der Waals surface area (Å²) in [6, 6.07) is 4.23. The van der Waals surface area contributed by atoms with Gasteiger partial charge in [0.15, 0.2) is 0 Å². The number of imide groups is 1. The Morgan fingerprint density at radius 2 is 1.88 bits per heavy atom. The minimum atomic E-state index is -4.14. The van der Waals surface area contributed by atoms with Crippen LogP contribution < -0.4 is 5.73 Å². The summed E-state index contributed by atoms with van der Waals surface area (Å²) in [5, 5.41) is -0.849. The molecule has 1 heterocycles. The Morgan fingerprint density at radius 1 is 1.24 bits per heavy atom. The number of halogens is 1. The molecule has 0 saturated carbocycles. The van der Waals surface area contributed by atoms with Crippen molar-refractivity contribution in [3.05, 3.63) is 29.3 Å². The van der Waals surface area contributed by atoms with E-state index in [0.717, 1.165) is 0 Å². The molecule has 2 amide bonds. The smallest absolute Gasteiger partial charge is 0.277 e. The molecule has 0 saturated heterocycles. The van der Waals surface area contributed by atoms with Crippen molar-refractivity contribution in [3.63, 3.8) is 0 Å². The zero-order chi connectivity index (χ0) is 12.8. The number of amides is 2. The molecule has 0 aromatic heterocycles. The van der Waals surface area contributed by atoms with Gasteiger partial charge in [0, 0.05) is 5.69 Å². The predicted octanol–water partition coefficient (Wildman–Crippen LogP) is 0.391. The lowest BCUT2D eigenvalue weighted by molar-refractivity contribution is 0.0766. The molecule has 1 aromatic carbocycles.